The lowest BCUT2D eigenvalue weighted by molar-refractivity contribution is 0.475. The number of benzene rings is 1. The summed E-state index contributed by atoms with van der Waals surface area (Å²) in [6.45, 7) is 5.55. The molecule has 23 heavy (non-hydrogen) atoms. The average Bonchev–Trinajstić information content (AvgIpc) is 2.82. The van der Waals surface area contributed by atoms with E-state index < -0.39 is 0 Å². The molecule has 0 aliphatic rings. The lowest BCUT2D eigenvalue weighted by atomic mass is 10.2. The van der Waals surface area contributed by atoms with E-state index >= 15 is 0 Å². The van der Waals surface area contributed by atoms with E-state index in [0.717, 1.165) is 0 Å². The van der Waals surface area contributed by atoms with Crippen LogP contribution >= 0.6 is 11.8 Å². The number of halogens is 1. The van der Waals surface area contributed by atoms with Gasteiger partial charge in [0.1, 0.15) is 11.2 Å². The molecule has 1 aromatic carbocycles. The summed E-state index contributed by atoms with van der Waals surface area (Å²) in [4.78, 5) is 21.4. The van der Waals surface area contributed by atoms with Crippen LogP contribution in [0, 0.1) is 12.7 Å². The summed E-state index contributed by atoms with van der Waals surface area (Å²) in [5.41, 5.74) is 1.61. The van der Waals surface area contributed by atoms with E-state index in [1.54, 1.807) is 34.6 Å². The largest absolute Gasteiger partial charge is 0.278 e. The minimum Gasteiger partial charge on any atom is -0.267 e. The molecule has 0 aliphatic heterocycles. The number of hydrogen-bond donors (Lipinski definition) is 0. The van der Waals surface area contributed by atoms with Gasteiger partial charge >= 0.3 is 0 Å². The minimum atomic E-state index is -0.275. The molecule has 5 nitrogen and oxygen atoms in total. The van der Waals surface area contributed by atoms with Crippen molar-refractivity contribution < 1.29 is 4.39 Å². The molecule has 120 valence electrons. The zero-order chi connectivity index (χ0) is 16.7. The SMILES string of the molecule is CSc1ncc2c(=O)n(C(C)C)n(-c3ccc(F)c(C)c3)c2n1. The number of aryl methyl sites for hydroxylation is 1. The molecule has 0 fully saturated rings. The standard InChI is InChI=1S/C16H17FN4OS/c1-9(2)20-15(22)12-8-18-16(23-4)19-14(12)21(20)11-5-6-13(17)10(3)7-11/h5-9H,1-4H3. The maximum absolute atomic E-state index is 13.6. The molecule has 2 heterocycles. The smallest absolute Gasteiger partial charge is 0.267 e. The fraction of sp³-hybridized carbons (Fsp3) is 0.312. The van der Waals surface area contributed by atoms with Crippen LogP contribution in [0.4, 0.5) is 4.39 Å². The maximum atomic E-state index is 13.6. The molecule has 0 bridgehead atoms. The molecule has 7 heteroatoms. The zero-order valence-corrected chi connectivity index (χ0v) is 14.2. The van der Waals surface area contributed by atoms with E-state index in [9.17, 15) is 9.18 Å². The third-order valence-electron chi connectivity index (χ3n) is 3.66. The number of hydrogen-bond acceptors (Lipinski definition) is 4. The van der Waals surface area contributed by atoms with Crippen molar-refractivity contribution in [2.45, 2.75) is 32.0 Å². The van der Waals surface area contributed by atoms with E-state index in [1.807, 2.05) is 20.1 Å². The zero-order valence-electron chi connectivity index (χ0n) is 13.4. The summed E-state index contributed by atoms with van der Waals surface area (Å²) in [5.74, 6) is -0.275. The van der Waals surface area contributed by atoms with Gasteiger partial charge in [0.15, 0.2) is 10.8 Å². The van der Waals surface area contributed by atoms with Crippen LogP contribution in [0.5, 0.6) is 0 Å². The van der Waals surface area contributed by atoms with Crippen molar-refractivity contribution in [3.63, 3.8) is 0 Å². The Hall–Kier alpha value is -2.15. The second kappa shape index (κ2) is 5.81. The van der Waals surface area contributed by atoms with Crippen molar-refractivity contribution in [3.05, 3.63) is 46.1 Å². The van der Waals surface area contributed by atoms with Crippen LogP contribution in [0.15, 0.2) is 34.3 Å². The van der Waals surface area contributed by atoms with E-state index in [2.05, 4.69) is 9.97 Å². The van der Waals surface area contributed by atoms with Gasteiger partial charge in [0.25, 0.3) is 5.56 Å². The lowest BCUT2D eigenvalue weighted by Crippen LogP contribution is -2.24. The number of thioether (sulfide) groups is 1. The topological polar surface area (TPSA) is 52.7 Å². The van der Waals surface area contributed by atoms with Crippen molar-refractivity contribution in [1.29, 1.82) is 0 Å². The van der Waals surface area contributed by atoms with Crippen LogP contribution in [0.25, 0.3) is 16.7 Å². The van der Waals surface area contributed by atoms with Gasteiger partial charge in [-0.2, -0.15) is 0 Å². The first-order valence-corrected chi connectivity index (χ1v) is 8.47. The highest BCUT2D eigenvalue weighted by Gasteiger charge is 2.19. The quantitative estimate of drug-likeness (QED) is 0.545. The van der Waals surface area contributed by atoms with Gasteiger partial charge in [-0.15, -0.1) is 0 Å². The molecule has 0 amide bonds. The monoisotopic (exact) mass is 332 g/mol. The van der Waals surface area contributed by atoms with E-state index in [1.165, 1.54) is 17.8 Å². The van der Waals surface area contributed by atoms with E-state index in [4.69, 9.17) is 0 Å². The van der Waals surface area contributed by atoms with Gasteiger partial charge in [0.2, 0.25) is 0 Å². The lowest BCUT2D eigenvalue weighted by Gasteiger charge is -2.15. The normalized spacial score (nSPS) is 11.6. The number of aromatic nitrogens is 4. The van der Waals surface area contributed by atoms with Gasteiger partial charge in [-0.05, 0) is 50.8 Å². The first-order valence-electron chi connectivity index (χ1n) is 7.24. The van der Waals surface area contributed by atoms with Crippen molar-refractivity contribution >= 4 is 22.8 Å². The average molecular weight is 332 g/mol. The molecular weight excluding hydrogens is 315 g/mol. The summed E-state index contributed by atoms with van der Waals surface area (Å²) in [7, 11) is 0. The highest BCUT2D eigenvalue weighted by molar-refractivity contribution is 7.98. The van der Waals surface area contributed by atoms with Crippen LogP contribution in [-0.2, 0) is 0 Å². The number of rotatable bonds is 3. The Labute approximate surface area is 137 Å². The Morgan fingerprint density at radius 3 is 2.65 bits per heavy atom. The van der Waals surface area contributed by atoms with Gasteiger partial charge in [-0.3, -0.25) is 4.79 Å². The molecule has 0 aliphatic carbocycles. The van der Waals surface area contributed by atoms with Crippen molar-refractivity contribution in [2.75, 3.05) is 6.26 Å². The summed E-state index contributed by atoms with van der Waals surface area (Å²) < 4.78 is 17.0. The van der Waals surface area contributed by atoms with Gasteiger partial charge in [-0.1, -0.05) is 11.8 Å². The number of fused-ring (bicyclic) bond motifs is 1. The van der Waals surface area contributed by atoms with Crippen LogP contribution in [-0.4, -0.2) is 25.6 Å². The molecule has 0 saturated carbocycles. The Morgan fingerprint density at radius 1 is 1.30 bits per heavy atom. The second-order valence-corrected chi connectivity index (χ2v) is 6.36. The van der Waals surface area contributed by atoms with Crippen LogP contribution in [0.1, 0.15) is 25.5 Å². The van der Waals surface area contributed by atoms with Crippen molar-refractivity contribution in [3.8, 4) is 5.69 Å². The summed E-state index contributed by atoms with van der Waals surface area (Å²) in [5, 5.41) is 1.05. The molecule has 0 saturated heterocycles. The highest BCUT2D eigenvalue weighted by atomic mass is 32.2. The summed E-state index contributed by atoms with van der Waals surface area (Å²) in [6, 6.07) is 4.71. The van der Waals surface area contributed by atoms with Gasteiger partial charge in [0, 0.05) is 12.2 Å². The fourth-order valence-corrected chi connectivity index (χ4v) is 2.89. The first kappa shape index (κ1) is 15.7. The molecule has 0 N–H and O–H groups in total. The number of nitrogens with zero attached hydrogens (tertiary/aromatic N) is 4. The molecule has 3 aromatic rings. The van der Waals surface area contributed by atoms with Gasteiger partial charge in [-0.25, -0.2) is 23.7 Å². The molecule has 2 aromatic heterocycles. The highest BCUT2D eigenvalue weighted by Crippen LogP contribution is 2.21. The molecule has 3 rings (SSSR count). The second-order valence-electron chi connectivity index (χ2n) is 5.58. The molecule has 0 atom stereocenters. The predicted molar refractivity (Wildman–Crippen MR) is 90.0 cm³/mol. The van der Waals surface area contributed by atoms with Crippen molar-refractivity contribution in [2.24, 2.45) is 0 Å². The Balaban J connectivity index is 2.42. The fourth-order valence-electron chi connectivity index (χ4n) is 2.56. The predicted octanol–water partition coefficient (Wildman–Crippen LogP) is 3.33. The van der Waals surface area contributed by atoms with Gasteiger partial charge in [0.05, 0.1) is 5.69 Å². The molecule has 0 radical (unpaired) electrons. The van der Waals surface area contributed by atoms with E-state index in [-0.39, 0.29) is 17.4 Å². The molecule has 0 spiro atoms. The van der Waals surface area contributed by atoms with Crippen molar-refractivity contribution in [1.82, 2.24) is 19.3 Å². The van der Waals surface area contributed by atoms with E-state index in [0.29, 0.717) is 27.4 Å². The van der Waals surface area contributed by atoms with Crippen LogP contribution < -0.4 is 5.56 Å². The molecule has 0 unspecified atom stereocenters. The third kappa shape index (κ3) is 2.55. The summed E-state index contributed by atoms with van der Waals surface area (Å²) in [6.07, 6.45) is 3.44. The first-order chi connectivity index (χ1) is 10.9. The van der Waals surface area contributed by atoms with Crippen LogP contribution in [0.3, 0.4) is 0 Å². The summed E-state index contributed by atoms with van der Waals surface area (Å²) >= 11 is 1.41. The Morgan fingerprint density at radius 2 is 2.04 bits per heavy atom. The Kier molecular flexibility index (Phi) is 3.97. The Bertz CT molecular complexity index is 945. The molecular formula is C16H17FN4OS. The van der Waals surface area contributed by atoms with Gasteiger partial charge < -0.3 is 0 Å². The minimum absolute atomic E-state index is 0.0696. The third-order valence-corrected chi connectivity index (χ3v) is 4.22. The maximum Gasteiger partial charge on any atom is 0.278 e. The van der Waals surface area contributed by atoms with Crippen LogP contribution in [0.2, 0.25) is 0 Å².